The van der Waals surface area contributed by atoms with Crippen LogP contribution in [0, 0.1) is 0 Å². The number of carbonyl (C=O) groups is 1. The van der Waals surface area contributed by atoms with E-state index in [4.69, 9.17) is 18.6 Å². The molecule has 0 fully saturated rings. The summed E-state index contributed by atoms with van der Waals surface area (Å²) in [7, 11) is 4.15. The van der Waals surface area contributed by atoms with Gasteiger partial charge in [0.25, 0.3) is 0 Å². The Bertz CT molecular complexity index is 250. The molecule has 92 valence electrons. The van der Waals surface area contributed by atoms with Crippen molar-refractivity contribution in [2.75, 3.05) is 21.3 Å². The van der Waals surface area contributed by atoms with Gasteiger partial charge in [-0.1, -0.05) is 6.58 Å². The minimum Gasteiger partial charge on any atom is -0.507 e. The summed E-state index contributed by atoms with van der Waals surface area (Å²) in [5.41, 5.74) is -0.737. The minimum absolute atomic E-state index is 0.326. The fourth-order valence-corrected chi connectivity index (χ4v) is 1.80. The second-order valence-electron chi connectivity index (χ2n) is 3.23. The lowest BCUT2D eigenvalue weighted by molar-refractivity contribution is -0.211. The smallest absolute Gasteiger partial charge is 0.389 e. The molecular weight excluding hydrogens is 228 g/mol. The standard InChI is InChI=1S/C10H18O5Si/c1-7(2)9(11)15-16-10(13-5,14-6)8(3)12-4/h8H,1H2,2-6H3. The van der Waals surface area contributed by atoms with E-state index in [2.05, 4.69) is 6.58 Å². The molecule has 0 N–H and O–H groups in total. The van der Waals surface area contributed by atoms with Crippen LogP contribution < -0.4 is 0 Å². The van der Waals surface area contributed by atoms with Crippen LogP contribution in [0.5, 0.6) is 0 Å². The van der Waals surface area contributed by atoms with E-state index in [9.17, 15) is 4.79 Å². The average Bonchev–Trinajstić information content (AvgIpc) is 2.29. The molecular formula is C10H18O5Si. The molecule has 0 aromatic heterocycles. The number of rotatable bonds is 7. The summed E-state index contributed by atoms with van der Waals surface area (Å²) in [5.74, 6) is -0.472. The van der Waals surface area contributed by atoms with Gasteiger partial charge in [-0.3, -0.25) is 0 Å². The molecule has 0 saturated heterocycles. The Morgan fingerprint density at radius 1 is 1.31 bits per heavy atom. The molecule has 0 bridgehead atoms. The molecule has 2 radical (unpaired) electrons. The molecule has 0 aliphatic rings. The van der Waals surface area contributed by atoms with Crippen molar-refractivity contribution < 1.29 is 23.4 Å². The van der Waals surface area contributed by atoms with Crippen LogP contribution in [0.3, 0.4) is 0 Å². The van der Waals surface area contributed by atoms with E-state index >= 15 is 0 Å². The van der Waals surface area contributed by atoms with Gasteiger partial charge in [-0.05, 0) is 13.8 Å². The summed E-state index contributed by atoms with van der Waals surface area (Å²) in [6, 6.07) is 0. The van der Waals surface area contributed by atoms with Crippen molar-refractivity contribution in [2.24, 2.45) is 0 Å². The fraction of sp³-hybridized carbons (Fsp3) is 0.700. The molecule has 16 heavy (non-hydrogen) atoms. The van der Waals surface area contributed by atoms with Crippen molar-refractivity contribution in [2.45, 2.75) is 25.4 Å². The Morgan fingerprint density at radius 2 is 1.81 bits per heavy atom. The highest BCUT2D eigenvalue weighted by molar-refractivity contribution is 6.35. The Balaban J connectivity index is 4.56. The van der Waals surface area contributed by atoms with Crippen LogP contribution in [0.15, 0.2) is 12.2 Å². The van der Waals surface area contributed by atoms with Gasteiger partial charge in [0.15, 0.2) is 0 Å². The second-order valence-corrected chi connectivity index (χ2v) is 4.33. The zero-order chi connectivity index (χ0) is 12.8. The second kappa shape index (κ2) is 6.80. The first kappa shape index (κ1) is 15.3. The van der Waals surface area contributed by atoms with Crippen molar-refractivity contribution in [3.05, 3.63) is 12.2 Å². The van der Waals surface area contributed by atoms with Crippen molar-refractivity contribution in [3.63, 3.8) is 0 Å². The number of carbonyl (C=O) groups excluding carboxylic acids is 1. The van der Waals surface area contributed by atoms with E-state index in [1.54, 1.807) is 13.8 Å². The summed E-state index contributed by atoms with van der Waals surface area (Å²) in [5, 5.41) is 0. The maximum atomic E-state index is 11.3. The van der Waals surface area contributed by atoms with E-state index < -0.39 is 11.4 Å². The Kier molecular flexibility index (Phi) is 6.50. The zero-order valence-corrected chi connectivity index (χ0v) is 11.3. The fourth-order valence-electron chi connectivity index (χ4n) is 0.941. The molecule has 0 aromatic carbocycles. The molecule has 0 spiro atoms. The molecule has 6 heteroatoms. The first-order chi connectivity index (χ1) is 7.43. The van der Waals surface area contributed by atoms with Gasteiger partial charge in [0.2, 0.25) is 5.41 Å². The van der Waals surface area contributed by atoms with Crippen LogP contribution in [0.4, 0.5) is 0 Å². The highest BCUT2D eigenvalue weighted by Gasteiger charge is 2.41. The van der Waals surface area contributed by atoms with Crippen molar-refractivity contribution in [1.82, 2.24) is 0 Å². The largest absolute Gasteiger partial charge is 0.507 e. The van der Waals surface area contributed by atoms with Crippen LogP contribution in [0.2, 0.25) is 0 Å². The number of hydrogen-bond acceptors (Lipinski definition) is 5. The molecule has 0 aliphatic carbocycles. The lowest BCUT2D eigenvalue weighted by atomic mass is 10.4. The Hall–Kier alpha value is -0.693. The summed E-state index contributed by atoms with van der Waals surface area (Å²) in [6.45, 7) is 6.84. The van der Waals surface area contributed by atoms with Gasteiger partial charge in [-0.25, -0.2) is 4.79 Å². The average molecular weight is 246 g/mol. The monoisotopic (exact) mass is 246 g/mol. The molecule has 0 heterocycles. The Labute approximate surface area is 98.6 Å². The van der Waals surface area contributed by atoms with Crippen molar-refractivity contribution in [3.8, 4) is 0 Å². The number of ether oxygens (including phenoxy) is 3. The quantitative estimate of drug-likeness (QED) is 0.376. The third-order valence-electron chi connectivity index (χ3n) is 2.13. The van der Waals surface area contributed by atoms with E-state index in [1.807, 2.05) is 0 Å². The molecule has 5 nitrogen and oxygen atoms in total. The Morgan fingerprint density at radius 3 is 2.12 bits per heavy atom. The van der Waals surface area contributed by atoms with Gasteiger partial charge in [0.05, 0.1) is 0 Å². The lowest BCUT2D eigenvalue weighted by Crippen LogP contribution is -2.52. The van der Waals surface area contributed by atoms with E-state index in [0.717, 1.165) is 0 Å². The molecule has 0 rings (SSSR count). The van der Waals surface area contributed by atoms with Gasteiger partial charge in [-0.15, -0.1) is 0 Å². The summed E-state index contributed by atoms with van der Waals surface area (Å²) in [4.78, 5) is 11.3. The first-order valence-electron chi connectivity index (χ1n) is 4.70. The molecule has 1 unspecified atom stereocenters. The summed E-state index contributed by atoms with van der Waals surface area (Å²) < 4.78 is 20.6. The normalized spacial score (nSPS) is 13.3. The van der Waals surface area contributed by atoms with Gasteiger partial charge in [0, 0.05) is 26.9 Å². The molecule has 0 aromatic rings. The van der Waals surface area contributed by atoms with Crippen LogP contribution in [0.25, 0.3) is 0 Å². The first-order valence-corrected chi connectivity index (χ1v) is 5.61. The van der Waals surface area contributed by atoms with Crippen LogP contribution in [-0.2, 0) is 23.4 Å². The predicted octanol–water partition coefficient (Wildman–Crippen LogP) is 0.706. The molecule has 0 saturated carbocycles. The molecule has 1 atom stereocenters. The van der Waals surface area contributed by atoms with Crippen molar-refractivity contribution >= 4 is 15.7 Å². The van der Waals surface area contributed by atoms with E-state index in [1.165, 1.54) is 21.3 Å². The van der Waals surface area contributed by atoms with E-state index in [0.29, 0.717) is 5.57 Å². The number of hydrogen-bond donors (Lipinski definition) is 0. The zero-order valence-electron chi connectivity index (χ0n) is 10.3. The highest BCUT2D eigenvalue weighted by atomic mass is 28.2. The summed E-state index contributed by atoms with van der Waals surface area (Å²) >= 11 is 0. The van der Waals surface area contributed by atoms with Crippen LogP contribution in [-0.4, -0.2) is 48.6 Å². The lowest BCUT2D eigenvalue weighted by Gasteiger charge is -2.33. The maximum Gasteiger partial charge on any atom is 0.389 e. The van der Waals surface area contributed by atoms with E-state index in [-0.39, 0.29) is 15.9 Å². The highest BCUT2D eigenvalue weighted by Crippen LogP contribution is 2.18. The predicted molar refractivity (Wildman–Crippen MR) is 59.9 cm³/mol. The van der Waals surface area contributed by atoms with Gasteiger partial charge in [0.1, 0.15) is 6.10 Å². The van der Waals surface area contributed by atoms with Crippen molar-refractivity contribution in [1.29, 1.82) is 0 Å². The van der Waals surface area contributed by atoms with Crippen LogP contribution in [0.1, 0.15) is 13.8 Å². The number of methoxy groups -OCH3 is 3. The van der Waals surface area contributed by atoms with Gasteiger partial charge >= 0.3 is 15.7 Å². The maximum absolute atomic E-state index is 11.3. The van der Waals surface area contributed by atoms with Crippen LogP contribution >= 0.6 is 0 Å². The summed E-state index contributed by atoms with van der Waals surface area (Å²) in [6.07, 6.45) is -0.362. The van der Waals surface area contributed by atoms with Gasteiger partial charge in [-0.2, -0.15) is 0 Å². The topological polar surface area (TPSA) is 54.0 Å². The third kappa shape index (κ3) is 3.71. The van der Waals surface area contributed by atoms with Gasteiger partial charge < -0.3 is 18.6 Å². The molecule has 0 amide bonds. The third-order valence-corrected chi connectivity index (χ3v) is 3.52. The SMILES string of the molecule is C=C(C)C(=O)O[Si]C(OC)(OC)C(C)OC. The molecule has 0 aliphatic heterocycles. The minimum atomic E-state index is -1.07.